The first-order chi connectivity index (χ1) is 11.7. The number of carbonyl (C=O) groups excluding carboxylic acids is 1. The number of para-hydroxylation sites is 1. The molecule has 0 radical (unpaired) electrons. The van der Waals surface area contributed by atoms with Crippen molar-refractivity contribution in [3.05, 3.63) is 41.7 Å². The highest BCUT2D eigenvalue weighted by molar-refractivity contribution is 6.10. The number of nitrogens with zero attached hydrogens (tertiary/aromatic N) is 3. The predicted octanol–water partition coefficient (Wildman–Crippen LogP) is 2.13. The molecule has 6 nitrogen and oxygen atoms in total. The lowest BCUT2D eigenvalue weighted by atomic mass is 10.1. The standard InChI is InChI=1S/C18H19N3O3/c1-24-18(23)14-9-13-12-5-2-3-6-16(12)21-11-20(7-4-8-22)10-15(19-14)17(13)21/h2-3,5-6,9,22H,4,7-8,10-11H2,1H3. The number of aromatic nitrogens is 2. The highest BCUT2D eigenvalue weighted by atomic mass is 16.5. The van der Waals surface area contributed by atoms with Gasteiger partial charge in [0.25, 0.3) is 0 Å². The van der Waals surface area contributed by atoms with E-state index < -0.39 is 5.97 Å². The third kappa shape index (κ3) is 2.26. The number of aliphatic hydroxyl groups excluding tert-OH is 1. The molecule has 3 heterocycles. The highest BCUT2D eigenvalue weighted by Crippen LogP contribution is 2.34. The maximum absolute atomic E-state index is 12.0. The van der Waals surface area contributed by atoms with E-state index in [1.165, 1.54) is 7.11 Å². The number of hydrogen-bond donors (Lipinski definition) is 1. The molecule has 0 bridgehead atoms. The van der Waals surface area contributed by atoms with E-state index in [1.807, 2.05) is 18.2 Å². The summed E-state index contributed by atoms with van der Waals surface area (Å²) in [5.74, 6) is -0.419. The van der Waals surface area contributed by atoms with Crippen LogP contribution in [0.4, 0.5) is 0 Å². The van der Waals surface area contributed by atoms with Gasteiger partial charge in [-0.25, -0.2) is 9.78 Å². The molecule has 1 aromatic carbocycles. The zero-order valence-electron chi connectivity index (χ0n) is 13.5. The average molecular weight is 325 g/mol. The molecule has 2 aromatic heterocycles. The lowest BCUT2D eigenvalue weighted by molar-refractivity contribution is 0.0593. The maximum Gasteiger partial charge on any atom is 0.356 e. The molecule has 1 aliphatic heterocycles. The van der Waals surface area contributed by atoms with Gasteiger partial charge in [-0.05, 0) is 18.6 Å². The molecule has 0 fully saturated rings. The molecular formula is C18H19N3O3. The molecule has 0 spiro atoms. The van der Waals surface area contributed by atoms with Gasteiger partial charge in [0.2, 0.25) is 0 Å². The van der Waals surface area contributed by atoms with Gasteiger partial charge in [-0.3, -0.25) is 4.90 Å². The normalized spacial score (nSPS) is 14.4. The second-order valence-corrected chi connectivity index (χ2v) is 6.06. The first kappa shape index (κ1) is 15.1. The van der Waals surface area contributed by atoms with Crippen LogP contribution in [0, 0.1) is 0 Å². The van der Waals surface area contributed by atoms with Gasteiger partial charge in [-0.2, -0.15) is 0 Å². The van der Waals surface area contributed by atoms with Crippen LogP contribution in [-0.2, 0) is 18.0 Å². The minimum atomic E-state index is -0.419. The van der Waals surface area contributed by atoms with Crippen molar-refractivity contribution in [2.45, 2.75) is 19.6 Å². The molecule has 1 N–H and O–H groups in total. The number of benzene rings is 1. The Morgan fingerprint density at radius 3 is 2.96 bits per heavy atom. The van der Waals surface area contributed by atoms with Crippen LogP contribution in [-0.4, -0.2) is 45.8 Å². The van der Waals surface area contributed by atoms with E-state index in [9.17, 15) is 4.79 Å². The smallest absolute Gasteiger partial charge is 0.356 e. The van der Waals surface area contributed by atoms with Gasteiger partial charge in [0.05, 0.1) is 30.5 Å². The number of pyridine rings is 1. The number of esters is 1. The number of hydrogen-bond acceptors (Lipinski definition) is 5. The van der Waals surface area contributed by atoms with Crippen molar-refractivity contribution in [3.8, 4) is 0 Å². The first-order valence-electron chi connectivity index (χ1n) is 8.05. The Bertz CT molecular complexity index is 932. The quantitative estimate of drug-likeness (QED) is 0.744. The minimum Gasteiger partial charge on any atom is -0.464 e. The Morgan fingerprint density at radius 1 is 1.33 bits per heavy atom. The molecule has 124 valence electrons. The van der Waals surface area contributed by atoms with Crippen LogP contribution in [0.15, 0.2) is 30.3 Å². The summed E-state index contributed by atoms with van der Waals surface area (Å²) in [5.41, 5.74) is 3.44. The minimum absolute atomic E-state index is 0.167. The molecule has 0 amide bonds. The Balaban J connectivity index is 1.95. The van der Waals surface area contributed by atoms with E-state index in [1.54, 1.807) is 0 Å². The third-order valence-electron chi connectivity index (χ3n) is 4.56. The maximum atomic E-state index is 12.0. The van der Waals surface area contributed by atoms with Crippen molar-refractivity contribution in [2.75, 3.05) is 20.3 Å². The van der Waals surface area contributed by atoms with Crippen molar-refractivity contribution in [1.29, 1.82) is 0 Å². The molecule has 3 aromatic rings. The molecule has 0 aliphatic carbocycles. The Labute approximate surface area is 139 Å². The molecule has 6 heteroatoms. The van der Waals surface area contributed by atoms with E-state index in [0.29, 0.717) is 18.7 Å². The molecule has 0 saturated heterocycles. The van der Waals surface area contributed by atoms with E-state index in [-0.39, 0.29) is 6.61 Å². The average Bonchev–Trinajstić information content (AvgIpc) is 2.94. The molecule has 0 atom stereocenters. The largest absolute Gasteiger partial charge is 0.464 e. The lowest BCUT2D eigenvalue weighted by Gasteiger charge is -2.28. The van der Waals surface area contributed by atoms with Gasteiger partial charge in [-0.1, -0.05) is 18.2 Å². The zero-order chi connectivity index (χ0) is 16.7. The monoisotopic (exact) mass is 325 g/mol. The van der Waals surface area contributed by atoms with Gasteiger partial charge in [-0.15, -0.1) is 0 Å². The SMILES string of the molecule is COC(=O)c1cc2c3ccccc3n3c2c(n1)CN(CCCO)C3. The van der Waals surface area contributed by atoms with E-state index in [4.69, 9.17) is 9.84 Å². The fourth-order valence-electron chi connectivity index (χ4n) is 3.53. The van der Waals surface area contributed by atoms with Crippen LogP contribution >= 0.6 is 0 Å². The summed E-state index contributed by atoms with van der Waals surface area (Å²) in [4.78, 5) is 18.8. The fraction of sp³-hybridized carbons (Fsp3) is 0.333. The van der Waals surface area contributed by atoms with Gasteiger partial charge >= 0.3 is 5.97 Å². The van der Waals surface area contributed by atoms with Crippen LogP contribution in [0.5, 0.6) is 0 Å². The van der Waals surface area contributed by atoms with Crippen molar-refractivity contribution < 1.29 is 14.6 Å². The second kappa shape index (κ2) is 5.89. The number of methoxy groups -OCH3 is 1. The number of ether oxygens (including phenoxy) is 1. The molecule has 4 rings (SSSR count). The highest BCUT2D eigenvalue weighted by Gasteiger charge is 2.25. The van der Waals surface area contributed by atoms with Crippen molar-refractivity contribution in [1.82, 2.24) is 14.5 Å². The molecule has 0 saturated carbocycles. The third-order valence-corrected chi connectivity index (χ3v) is 4.56. The summed E-state index contributed by atoms with van der Waals surface area (Å²) in [6.45, 7) is 2.38. The number of fused-ring (bicyclic) bond motifs is 3. The van der Waals surface area contributed by atoms with Crippen molar-refractivity contribution in [3.63, 3.8) is 0 Å². The summed E-state index contributed by atoms with van der Waals surface area (Å²) in [6, 6.07) is 10.0. The van der Waals surface area contributed by atoms with Gasteiger partial charge in [0.15, 0.2) is 0 Å². The second-order valence-electron chi connectivity index (χ2n) is 6.06. The lowest BCUT2D eigenvalue weighted by Crippen LogP contribution is -2.32. The van der Waals surface area contributed by atoms with Crippen LogP contribution in [0.1, 0.15) is 22.6 Å². The van der Waals surface area contributed by atoms with Crippen molar-refractivity contribution >= 4 is 27.8 Å². The summed E-state index contributed by atoms with van der Waals surface area (Å²) >= 11 is 0. The zero-order valence-corrected chi connectivity index (χ0v) is 13.5. The summed E-state index contributed by atoms with van der Waals surface area (Å²) < 4.78 is 7.10. The van der Waals surface area contributed by atoms with Gasteiger partial charge in [0.1, 0.15) is 5.69 Å². The molecule has 1 aliphatic rings. The summed E-state index contributed by atoms with van der Waals surface area (Å²) in [6.07, 6.45) is 0.717. The number of carbonyl (C=O) groups is 1. The van der Waals surface area contributed by atoms with Crippen molar-refractivity contribution in [2.24, 2.45) is 0 Å². The van der Waals surface area contributed by atoms with Gasteiger partial charge in [0, 0.05) is 30.5 Å². The van der Waals surface area contributed by atoms with E-state index in [2.05, 4.69) is 26.6 Å². The Kier molecular flexibility index (Phi) is 3.70. The predicted molar refractivity (Wildman–Crippen MR) is 90.7 cm³/mol. The van der Waals surface area contributed by atoms with Crippen LogP contribution in [0.3, 0.4) is 0 Å². The van der Waals surface area contributed by atoms with E-state index in [0.717, 1.165) is 40.7 Å². The fourth-order valence-corrected chi connectivity index (χ4v) is 3.53. The molecule has 24 heavy (non-hydrogen) atoms. The molecular weight excluding hydrogens is 306 g/mol. The van der Waals surface area contributed by atoms with E-state index >= 15 is 0 Å². The summed E-state index contributed by atoms with van der Waals surface area (Å²) in [5, 5.41) is 11.3. The van der Waals surface area contributed by atoms with Crippen LogP contribution < -0.4 is 0 Å². The van der Waals surface area contributed by atoms with Crippen LogP contribution in [0.25, 0.3) is 21.8 Å². The topological polar surface area (TPSA) is 67.6 Å². The molecule has 0 unspecified atom stereocenters. The van der Waals surface area contributed by atoms with Gasteiger partial charge < -0.3 is 14.4 Å². The first-order valence-corrected chi connectivity index (χ1v) is 8.05. The Morgan fingerprint density at radius 2 is 2.17 bits per heavy atom. The Hall–Kier alpha value is -2.44. The number of aliphatic hydroxyl groups is 1. The summed E-state index contributed by atoms with van der Waals surface area (Å²) in [7, 11) is 1.37. The van der Waals surface area contributed by atoms with Crippen LogP contribution in [0.2, 0.25) is 0 Å². The number of rotatable bonds is 4.